The predicted molar refractivity (Wildman–Crippen MR) is 106 cm³/mol. The number of aliphatic imine (C=N–C) groups is 1. The standard InChI is InChI=1S/C19H22N6OS/c1-27-17-3-2-13(9-20-17)15-8-16(23-12-22-15)24-18-21-10-19(26-18)11-25-6-4-14(19)5-7-25/h2-3,8-9,12,14H,4-7,10-11H2,1H3,(H,21,22,23,24). The zero-order valence-corrected chi connectivity index (χ0v) is 16.1. The van der Waals surface area contributed by atoms with Gasteiger partial charge in [-0.25, -0.2) is 19.9 Å². The fourth-order valence-electron chi connectivity index (χ4n) is 4.29. The highest BCUT2D eigenvalue weighted by Crippen LogP contribution is 2.40. The van der Waals surface area contributed by atoms with E-state index in [0.29, 0.717) is 17.8 Å². The van der Waals surface area contributed by atoms with Crippen LogP contribution >= 0.6 is 11.8 Å². The molecule has 3 fully saturated rings. The lowest BCUT2D eigenvalue weighted by molar-refractivity contribution is -0.0829. The zero-order valence-electron chi connectivity index (χ0n) is 15.3. The van der Waals surface area contributed by atoms with E-state index in [1.165, 1.54) is 25.9 Å². The first-order valence-corrected chi connectivity index (χ1v) is 10.5. The number of hydrogen-bond acceptors (Lipinski definition) is 8. The van der Waals surface area contributed by atoms with Crippen LogP contribution in [0.5, 0.6) is 0 Å². The van der Waals surface area contributed by atoms with Gasteiger partial charge in [0, 0.05) is 30.3 Å². The molecule has 2 aromatic heterocycles. The molecule has 140 valence electrons. The summed E-state index contributed by atoms with van der Waals surface area (Å²) in [5, 5.41) is 4.23. The lowest BCUT2D eigenvalue weighted by Gasteiger charge is -2.50. The number of nitrogens with one attached hydrogen (secondary N) is 1. The fourth-order valence-corrected chi connectivity index (χ4v) is 4.66. The maximum absolute atomic E-state index is 6.33. The van der Waals surface area contributed by atoms with Crippen molar-refractivity contribution in [2.75, 3.05) is 37.8 Å². The van der Waals surface area contributed by atoms with Crippen molar-refractivity contribution in [1.29, 1.82) is 0 Å². The minimum absolute atomic E-state index is 0.147. The van der Waals surface area contributed by atoms with Crippen LogP contribution in [0.4, 0.5) is 5.82 Å². The molecule has 2 aromatic rings. The van der Waals surface area contributed by atoms with Crippen molar-refractivity contribution >= 4 is 23.6 Å². The maximum atomic E-state index is 6.33. The summed E-state index contributed by atoms with van der Waals surface area (Å²) in [5.74, 6) is 1.29. The average Bonchev–Trinajstić information content (AvgIpc) is 3.11. The van der Waals surface area contributed by atoms with Crippen LogP contribution in [0.2, 0.25) is 0 Å². The molecular formula is C19H22N6OS. The second kappa shape index (κ2) is 6.76. The van der Waals surface area contributed by atoms with Crippen molar-refractivity contribution in [1.82, 2.24) is 19.9 Å². The number of aromatic nitrogens is 3. The van der Waals surface area contributed by atoms with Crippen LogP contribution in [0.3, 0.4) is 0 Å². The Morgan fingerprint density at radius 3 is 2.81 bits per heavy atom. The minimum atomic E-state index is -0.147. The molecule has 0 aromatic carbocycles. The Morgan fingerprint density at radius 1 is 1.22 bits per heavy atom. The molecule has 6 rings (SSSR count). The maximum Gasteiger partial charge on any atom is 0.291 e. The van der Waals surface area contributed by atoms with Crippen molar-refractivity contribution in [2.24, 2.45) is 10.9 Å². The number of nitrogens with zero attached hydrogens (tertiary/aromatic N) is 5. The quantitative estimate of drug-likeness (QED) is 0.818. The fraction of sp³-hybridized carbons (Fsp3) is 0.474. The highest BCUT2D eigenvalue weighted by atomic mass is 32.2. The lowest BCUT2D eigenvalue weighted by atomic mass is 9.75. The molecule has 4 aliphatic heterocycles. The monoisotopic (exact) mass is 382 g/mol. The first-order valence-electron chi connectivity index (χ1n) is 9.29. The summed E-state index contributed by atoms with van der Waals surface area (Å²) in [5.41, 5.74) is 1.64. The molecule has 4 aliphatic rings. The molecular weight excluding hydrogens is 360 g/mol. The Kier molecular flexibility index (Phi) is 4.24. The van der Waals surface area contributed by atoms with E-state index in [9.17, 15) is 0 Å². The average molecular weight is 382 g/mol. The third-order valence-electron chi connectivity index (χ3n) is 5.76. The van der Waals surface area contributed by atoms with Gasteiger partial charge in [0.15, 0.2) is 0 Å². The Labute approximate surface area is 162 Å². The number of hydrogen-bond donors (Lipinski definition) is 1. The number of piperidine rings is 3. The number of pyridine rings is 1. The molecule has 3 saturated heterocycles. The zero-order chi connectivity index (χ0) is 18.3. The minimum Gasteiger partial charge on any atom is -0.455 e. The number of fused-ring (bicyclic) bond motifs is 2. The third-order valence-corrected chi connectivity index (χ3v) is 6.42. The molecule has 2 bridgehead atoms. The molecule has 1 unspecified atom stereocenters. The largest absolute Gasteiger partial charge is 0.455 e. The van der Waals surface area contributed by atoms with Gasteiger partial charge < -0.3 is 4.74 Å². The van der Waals surface area contributed by atoms with Crippen LogP contribution in [-0.2, 0) is 4.74 Å². The van der Waals surface area contributed by atoms with Crippen molar-refractivity contribution < 1.29 is 4.74 Å². The Morgan fingerprint density at radius 2 is 2.11 bits per heavy atom. The molecule has 1 atom stereocenters. The first kappa shape index (κ1) is 16.9. The van der Waals surface area contributed by atoms with Crippen LogP contribution < -0.4 is 5.32 Å². The highest BCUT2D eigenvalue weighted by molar-refractivity contribution is 7.98. The summed E-state index contributed by atoms with van der Waals surface area (Å²) in [6.45, 7) is 4.09. The van der Waals surface area contributed by atoms with E-state index in [1.807, 2.05) is 30.7 Å². The molecule has 8 heteroatoms. The summed E-state index contributed by atoms with van der Waals surface area (Å²) >= 11 is 1.62. The topological polar surface area (TPSA) is 75.5 Å². The van der Waals surface area contributed by atoms with Gasteiger partial charge in [-0.05, 0) is 44.3 Å². The second-order valence-corrected chi connectivity index (χ2v) is 8.17. The Bertz CT molecular complexity index is 865. The summed E-state index contributed by atoms with van der Waals surface area (Å²) < 4.78 is 6.33. The number of thioether (sulfide) groups is 1. The molecule has 0 aliphatic carbocycles. The summed E-state index contributed by atoms with van der Waals surface area (Å²) in [6.07, 6.45) is 7.82. The van der Waals surface area contributed by atoms with Crippen LogP contribution in [-0.4, -0.2) is 63.9 Å². The van der Waals surface area contributed by atoms with Crippen LogP contribution in [0.25, 0.3) is 11.3 Å². The lowest BCUT2D eigenvalue weighted by Crippen LogP contribution is -2.61. The van der Waals surface area contributed by atoms with Gasteiger partial charge in [-0.1, -0.05) is 0 Å². The van der Waals surface area contributed by atoms with Crippen molar-refractivity contribution in [3.8, 4) is 11.3 Å². The summed E-state index contributed by atoms with van der Waals surface area (Å²) in [7, 11) is 0. The molecule has 7 nitrogen and oxygen atoms in total. The Hall–Kier alpha value is -2.19. The van der Waals surface area contributed by atoms with E-state index < -0.39 is 0 Å². The number of ether oxygens (including phenoxy) is 1. The third kappa shape index (κ3) is 3.17. The van der Waals surface area contributed by atoms with Gasteiger partial charge in [-0.15, -0.1) is 11.8 Å². The first-order chi connectivity index (χ1) is 13.2. The van der Waals surface area contributed by atoms with Crippen molar-refractivity contribution in [3.05, 3.63) is 30.7 Å². The van der Waals surface area contributed by atoms with Gasteiger partial charge in [0.1, 0.15) is 17.7 Å². The highest BCUT2D eigenvalue weighted by Gasteiger charge is 2.51. The number of amidine groups is 1. The molecule has 0 saturated carbocycles. The van der Waals surface area contributed by atoms with E-state index in [0.717, 1.165) is 29.4 Å². The summed E-state index contributed by atoms with van der Waals surface area (Å²) in [6, 6.07) is 6.50. The molecule has 27 heavy (non-hydrogen) atoms. The van der Waals surface area contributed by atoms with Gasteiger partial charge in [0.2, 0.25) is 0 Å². The molecule has 1 spiro atoms. The normalized spacial score (nSPS) is 28.9. The van der Waals surface area contributed by atoms with Crippen LogP contribution in [0.15, 0.2) is 40.7 Å². The molecule has 6 heterocycles. The summed E-state index contributed by atoms with van der Waals surface area (Å²) in [4.78, 5) is 20.2. The number of anilines is 1. The van der Waals surface area contributed by atoms with Crippen LogP contribution in [0, 0.1) is 5.92 Å². The number of rotatable bonds is 3. The van der Waals surface area contributed by atoms with Gasteiger partial charge in [0.05, 0.1) is 17.3 Å². The van der Waals surface area contributed by atoms with Gasteiger partial charge in [0.25, 0.3) is 6.02 Å². The molecule has 1 N–H and O–H groups in total. The van der Waals surface area contributed by atoms with E-state index in [1.54, 1.807) is 18.1 Å². The molecule has 0 radical (unpaired) electrons. The van der Waals surface area contributed by atoms with Crippen LogP contribution in [0.1, 0.15) is 12.8 Å². The van der Waals surface area contributed by atoms with E-state index in [2.05, 4.69) is 30.2 Å². The predicted octanol–water partition coefficient (Wildman–Crippen LogP) is 2.52. The van der Waals surface area contributed by atoms with Gasteiger partial charge in [-0.2, -0.15) is 0 Å². The smallest absolute Gasteiger partial charge is 0.291 e. The molecule has 0 amide bonds. The van der Waals surface area contributed by atoms with Crippen molar-refractivity contribution in [3.63, 3.8) is 0 Å². The van der Waals surface area contributed by atoms with E-state index in [-0.39, 0.29) is 5.60 Å². The van der Waals surface area contributed by atoms with E-state index in [4.69, 9.17) is 4.74 Å². The van der Waals surface area contributed by atoms with Gasteiger partial charge >= 0.3 is 0 Å². The Balaban J connectivity index is 1.30. The van der Waals surface area contributed by atoms with E-state index >= 15 is 0 Å². The second-order valence-electron chi connectivity index (χ2n) is 7.34. The SMILES string of the molecule is CSc1ccc(-c2cc(NC3=NCC4(CN5CCC4CC5)O3)ncn2)cn1. The van der Waals surface area contributed by atoms with Gasteiger partial charge in [-0.3, -0.25) is 10.2 Å². The van der Waals surface area contributed by atoms with Crippen molar-refractivity contribution in [2.45, 2.75) is 23.5 Å².